The van der Waals surface area contributed by atoms with Crippen molar-refractivity contribution in [3.05, 3.63) is 18.5 Å². The summed E-state index contributed by atoms with van der Waals surface area (Å²) in [5.74, 6) is 0. The predicted molar refractivity (Wildman–Crippen MR) is 72.6 cm³/mol. The number of nitrogens with zero attached hydrogens (tertiary/aromatic N) is 1. The van der Waals surface area contributed by atoms with Crippen LogP contribution in [0.25, 0.3) is 0 Å². The number of nitrogens with one attached hydrogen (secondary N) is 2. The quantitative estimate of drug-likeness (QED) is 0.730. The van der Waals surface area contributed by atoms with Crippen LogP contribution in [-0.4, -0.2) is 30.8 Å². The summed E-state index contributed by atoms with van der Waals surface area (Å²) in [4.78, 5) is 4.21. The van der Waals surface area contributed by atoms with Crippen LogP contribution in [0.15, 0.2) is 18.5 Å². The number of pyridine rings is 1. The first-order valence-corrected chi connectivity index (χ1v) is 6.29. The lowest BCUT2D eigenvalue weighted by Gasteiger charge is -2.15. The molecule has 1 atom stereocenters. The largest absolute Gasteiger partial charge is 0.384 e. The number of hydrogen-bond donors (Lipinski definition) is 2. The van der Waals surface area contributed by atoms with Gasteiger partial charge in [-0.3, -0.25) is 4.98 Å². The van der Waals surface area contributed by atoms with Gasteiger partial charge in [0.15, 0.2) is 0 Å². The Labute approximate surface area is 104 Å². The third-order valence-electron chi connectivity index (χ3n) is 2.30. The fraction of sp³-hybridized carbons (Fsp3) is 0.615. The van der Waals surface area contributed by atoms with Crippen LogP contribution in [0.4, 0.5) is 11.4 Å². The van der Waals surface area contributed by atoms with E-state index in [9.17, 15) is 0 Å². The molecule has 4 nitrogen and oxygen atoms in total. The molecular formula is C13H23N3O. The minimum atomic E-state index is 0.290. The maximum atomic E-state index is 5.36. The van der Waals surface area contributed by atoms with E-state index in [4.69, 9.17) is 4.74 Å². The Kier molecular flexibility index (Phi) is 6.40. The van der Waals surface area contributed by atoms with Crippen molar-refractivity contribution in [2.24, 2.45) is 0 Å². The van der Waals surface area contributed by atoms with Gasteiger partial charge in [0.25, 0.3) is 0 Å². The average Bonchev–Trinajstić information content (AvgIpc) is 2.34. The van der Waals surface area contributed by atoms with Crippen LogP contribution in [0, 0.1) is 0 Å². The fourth-order valence-corrected chi connectivity index (χ4v) is 1.51. The van der Waals surface area contributed by atoms with Crippen molar-refractivity contribution in [2.75, 3.05) is 30.4 Å². The van der Waals surface area contributed by atoms with Gasteiger partial charge in [0.2, 0.25) is 0 Å². The number of rotatable bonds is 8. The maximum Gasteiger partial charge on any atom is 0.0664 e. The molecule has 0 aromatic carbocycles. The van der Waals surface area contributed by atoms with E-state index in [2.05, 4.69) is 35.5 Å². The van der Waals surface area contributed by atoms with Crippen LogP contribution < -0.4 is 10.6 Å². The van der Waals surface area contributed by atoms with Gasteiger partial charge in [-0.2, -0.15) is 0 Å². The number of anilines is 2. The highest BCUT2D eigenvalue weighted by Crippen LogP contribution is 2.13. The lowest BCUT2D eigenvalue weighted by Crippen LogP contribution is -2.21. The van der Waals surface area contributed by atoms with Crippen LogP contribution in [0.2, 0.25) is 0 Å². The molecule has 0 bridgehead atoms. The second kappa shape index (κ2) is 7.90. The molecule has 4 heteroatoms. The molecule has 0 fully saturated rings. The summed E-state index contributed by atoms with van der Waals surface area (Å²) in [7, 11) is 0. The van der Waals surface area contributed by atoms with Crippen molar-refractivity contribution in [2.45, 2.75) is 33.2 Å². The van der Waals surface area contributed by atoms with Gasteiger partial charge in [0.05, 0.1) is 30.4 Å². The lowest BCUT2D eigenvalue weighted by atomic mass is 10.3. The van der Waals surface area contributed by atoms with Crippen molar-refractivity contribution in [1.29, 1.82) is 0 Å². The van der Waals surface area contributed by atoms with Crippen LogP contribution >= 0.6 is 0 Å². The van der Waals surface area contributed by atoms with Crippen LogP contribution in [0.5, 0.6) is 0 Å². The zero-order chi connectivity index (χ0) is 12.5. The Bertz CT molecular complexity index is 317. The fourth-order valence-electron chi connectivity index (χ4n) is 1.51. The van der Waals surface area contributed by atoms with Gasteiger partial charge in [-0.15, -0.1) is 0 Å². The zero-order valence-electron chi connectivity index (χ0n) is 11.0. The highest BCUT2D eigenvalue weighted by molar-refractivity contribution is 5.54. The molecule has 17 heavy (non-hydrogen) atoms. The molecule has 1 heterocycles. The third kappa shape index (κ3) is 5.54. The molecule has 0 aliphatic rings. The molecule has 1 aromatic rings. The van der Waals surface area contributed by atoms with Gasteiger partial charge >= 0.3 is 0 Å². The lowest BCUT2D eigenvalue weighted by molar-refractivity contribution is 0.141. The topological polar surface area (TPSA) is 46.2 Å². The van der Waals surface area contributed by atoms with Gasteiger partial charge in [0, 0.05) is 19.2 Å². The molecule has 0 amide bonds. The van der Waals surface area contributed by atoms with E-state index in [1.54, 1.807) is 0 Å². The maximum absolute atomic E-state index is 5.36. The van der Waals surface area contributed by atoms with Crippen molar-refractivity contribution in [1.82, 2.24) is 4.98 Å². The molecule has 0 spiro atoms. The highest BCUT2D eigenvalue weighted by atomic mass is 16.5. The van der Waals surface area contributed by atoms with Crippen molar-refractivity contribution in [3.8, 4) is 0 Å². The molecule has 0 aliphatic carbocycles. The van der Waals surface area contributed by atoms with E-state index in [-0.39, 0.29) is 6.04 Å². The van der Waals surface area contributed by atoms with E-state index in [0.29, 0.717) is 6.61 Å². The molecule has 1 aromatic heterocycles. The van der Waals surface area contributed by atoms with Gasteiger partial charge in [-0.05, 0) is 26.3 Å². The van der Waals surface area contributed by atoms with Crippen molar-refractivity contribution in [3.63, 3.8) is 0 Å². The number of aromatic nitrogens is 1. The minimum absolute atomic E-state index is 0.290. The third-order valence-corrected chi connectivity index (χ3v) is 2.30. The summed E-state index contributed by atoms with van der Waals surface area (Å²) in [5, 5.41) is 6.68. The normalized spacial score (nSPS) is 12.2. The van der Waals surface area contributed by atoms with Crippen LogP contribution in [0.3, 0.4) is 0 Å². The van der Waals surface area contributed by atoms with Crippen molar-refractivity contribution < 1.29 is 4.74 Å². The number of ether oxygens (including phenoxy) is 1. The Morgan fingerprint density at radius 2 is 2.06 bits per heavy atom. The molecule has 0 saturated carbocycles. The summed E-state index contributed by atoms with van der Waals surface area (Å²) in [6, 6.07) is 2.36. The van der Waals surface area contributed by atoms with Gasteiger partial charge in [-0.25, -0.2) is 0 Å². The minimum Gasteiger partial charge on any atom is -0.384 e. The van der Waals surface area contributed by atoms with E-state index >= 15 is 0 Å². The van der Waals surface area contributed by atoms with Crippen LogP contribution in [-0.2, 0) is 4.74 Å². The first-order valence-electron chi connectivity index (χ1n) is 6.29. The molecule has 0 radical (unpaired) electrons. The van der Waals surface area contributed by atoms with Gasteiger partial charge in [-0.1, -0.05) is 6.92 Å². The molecule has 1 rings (SSSR count). The second-order valence-corrected chi connectivity index (χ2v) is 4.09. The van der Waals surface area contributed by atoms with Gasteiger partial charge in [0.1, 0.15) is 0 Å². The molecular weight excluding hydrogens is 214 g/mol. The monoisotopic (exact) mass is 237 g/mol. The molecule has 0 aliphatic heterocycles. The Balaban J connectivity index is 2.47. The Hall–Kier alpha value is -1.29. The summed E-state index contributed by atoms with van der Waals surface area (Å²) in [6.45, 7) is 8.68. The molecule has 96 valence electrons. The second-order valence-electron chi connectivity index (χ2n) is 4.09. The molecule has 1 unspecified atom stereocenters. The van der Waals surface area contributed by atoms with Crippen molar-refractivity contribution >= 4 is 11.4 Å². The highest BCUT2D eigenvalue weighted by Gasteiger charge is 2.02. The zero-order valence-corrected chi connectivity index (χ0v) is 11.0. The summed E-state index contributed by atoms with van der Waals surface area (Å²) in [6.07, 6.45) is 4.78. The Morgan fingerprint density at radius 3 is 2.76 bits per heavy atom. The van der Waals surface area contributed by atoms with E-state index < -0.39 is 0 Å². The average molecular weight is 237 g/mol. The summed E-state index contributed by atoms with van der Waals surface area (Å²) in [5.41, 5.74) is 2.08. The predicted octanol–water partition coefficient (Wildman–Crippen LogP) is 2.74. The summed E-state index contributed by atoms with van der Waals surface area (Å²) >= 11 is 0. The first kappa shape index (κ1) is 13.8. The standard InChI is InChI=1S/C13H23N3O/c1-4-6-15-12-7-13(9-14-8-12)16-11(3)10-17-5-2/h7-9,11,15-16H,4-6,10H2,1-3H3. The van der Waals surface area contributed by atoms with Crippen LogP contribution in [0.1, 0.15) is 27.2 Å². The molecule has 2 N–H and O–H groups in total. The molecule has 0 saturated heterocycles. The van der Waals surface area contributed by atoms with E-state index in [1.807, 2.05) is 19.3 Å². The summed E-state index contributed by atoms with van der Waals surface area (Å²) < 4.78 is 5.36. The smallest absolute Gasteiger partial charge is 0.0664 e. The number of hydrogen-bond acceptors (Lipinski definition) is 4. The Morgan fingerprint density at radius 1 is 1.29 bits per heavy atom. The van der Waals surface area contributed by atoms with E-state index in [1.165, 1.54) is 0 Å². The SMILES string of the molecule is CCCNc1cncc(NC(C)COCC)c1. The van der Waals surface area contributed by atoms with Gasteiger partial charge < -0.3 is 15.4 Å². The first-order chi connectivity index (χ1) is 8.26. The van der Waals surface area contributed by atoms with E-state index in [0.717, 1.165) is 30.9 Å².